The van der Waals surface area contributed by atoms with Crippen LogP contribution >= 0.6 is 0 Å². The summed E-state index contributed by atoms with van der Waals surface area (Å²) in [6, 6.07) is -0.139. The van der Waals surface area contributed by atoms with Crippen molar-refractivity contribution in [3.05, 3.63) is 0 Å². The highest BCUT2D eigenvalue weighted by Gasteiger charge is 2.39. The molecule has 2 fully saturated rings. The molecule has 2 heterocycles. The standard InChI is InChI=1S/C9H17NO3S/c11-9-7-14(12,13)6-8(9)10-4-2-1-3-5-10/h8-9,11H,1-7H2/t8-,9-/m0/s1. The monoisotopic (exact) mass is 219 g/mol. The number of aliphatic hydroxyl groups is 1. The minimum atomic E-state index is -2.99. The van der Waals surface area contributed by atoms with Crippen molar-refractivity contribution in [2.24, 2.45) is 0 Å². The first-order valence-electron chi connectivity index (χ1n) is 5.21. The summed E-state index contributed by atoms with van der Waals surface area (Å²) in [5.74, 6) is 0.0995. The molecule has 0 aromatic rings. The van der Waals surface area contributed by atoms with Gasteiger partial charge in [0.2, 0.25) is 0 Å². The first kappa shape index (κ1) is 10.4. The molecule has 0 bridgehead atoms. The minimum Gasteiger partial charge on any atom is -0.390 e. The zero-order valence-electron chi connectivity index (χ0n) is 8.22. The number of nitrogens with zero attached hydrogens (tertiary/aromatic N) is 1. The van der Waals surface area contributed by atoms with Crippen molar-refractivity contribution in [1.29, 1.82) is 0 Å². The van der Waals surface area contributed by atoms with Gasteiger partial charge in [-0.1, -0.05) is 6.42 Å². The van der Waals surface area contributed by atoms with Gasteiger partial charge in [-0.05, 0) is 25.9 Å². The number of sulfone groups is 1. The number of rotatable bonds is 1. The summed E-state index contributed by atoms with van der Waals surface area (Å²) in [5.41, 5.74) is 0. The average Bonchev–Trinajstić information content (AvgIpc) is 2.41. The maximum absolute atomic E-state index is 11.3. The van der Waals surface area contributed by atoms with Gasteiger partial charge in [0.25, 0.3) is 0 Å². The fourth-order valence-corrected chi connectivity index (χ4v) is 4.24. The lowest BCUT2D eigenvalue weighted by molar-refractivity contribution is 0.0706. The van der Waals surface area contributed by atoms with E-state index in [9.17, 15) is 13.5 Å². The van der Waals surface area contributed by atoms with Crippen LogP contribution in [0.4, 0.5) is 0 Å². The summed E-state index contributed by atoms with van der Waals surface area (Å²) < 4.78 is 22.6. The Morgan fingerprint density at radius 1 is 1.07 bits per heavy atom. The van der Waals surface area contributed by atoms with Gasteiger partial charge in [-0.15, -0.1) is 0 Å². The summed E-state index contributed by atoms with van der Waals surface area (Å²) in [7, 11) is -2.99. The molecule has 0 saturated carbocycles. The van der Waals surface area contributed by atoms with E-state index < -0.39 is 15.9 Å². The van der Waals surface area contributed by atoms with Crippen molar-refractivity contribution in [2.75, 3.05) is 24.6 Å². The maximum atomic E-state index is 11.3. The SMILES string of the molecule is O=S1(=O)C[C@H](O)[C@@H](N2CCCCC2)C1. The van der Waals surface area contributed by atoms with Crippen molar-refractivity contribution >= 4 is 9.84 Å². The van der Waals surface area contributed by atoms with Gasteiger partial charge >= 0.3 is 0 Å². The van der Waals surface area contributed by atoms with E-state index in [1.807, 2.05) is 0 Å². The number of piperidine rings is 1. The smallest absolute Gasteiger partial charge is 0.154 e. The molecule has 82 valence electrons. The van der Waals surface area contributed by atoms with Crippen LogP contribution in [0.2, 0.25) is 0 Å². The molecule has 4 nitrogen and oxygen atoms in total. The second-order valence-corrected chi connectivity index (χ2v) is 6.46. The van der Waals surface area contributed by atoms with Crippen LogP contribution in [-0.2, 0) is 9.84 Å². The molecular weight excluding hydrogens is 202 g/mol. The Morgan fingerprint density at radius 3 is 2.21 bits per heavy atom. The van der Waals surface area contributed by atoms with Gasteiger partial charge in [-0.25, -0.2) is 8.42 Å². The highest BCUT2D eigenvalue weighted by atomic mass is 32.2. The third kappa shape index (κ3) is 2.10. The molecule has 2 aliphatic rings. The zero-order chi connectivity index (χ0) is 10.2. The van der Waals surface area contributed by atoms with Gasteiger partial charge in [0.15, 0.2) is 9.84 Å². The Labute approximate surface area is 84.8 Å². The van der Waals surface area contributed by atoms with Crippen LogP contribution in [0.25, 0.3) is 0 Å². The molecule has 1 N–H and O–H groups in total. The number of hydrogen-bond acceptors (Lipinski definition) is 4. The van der Waals surface area contributed by atoms with Gasteiger partial charge in [0.1, 0.15) is 0 Å². The molecule has 2 saturated heterocycles. The van der Waals surface area contributed by atoms with Gasteiger partial charge < -0.3 is 5.11 Å². The lowest BCUT2D eigenvalue weighted by Gasteiger charge is -2.33. The molecule has 0 unspecified atom stereocenters. The van der Waals surface area contributed by atoms with E-state index in [1.54, 1.807) is 0 Å². The second kappa shape index (κ2) is 3.79. The average molecular weight is 219 g/mol. The van der Waals surface area contributed by atoms with Crippen LogP contribution in [0.15, 0.2) is 0 Å². The highest BCUT2D eigenvalue weighted by Crippen LogP contribution is 2.21. The molecule has 2 aliphatic heterocycles. The summed E-state index contributed by atoms with van der Waals surface area (Å²) in [6.07, 6.45) is 2.82. The van der Waals surface area contributed by atoms with Crippen LogP contribution in [0.5, 0.6) is 0 Å². The summed E-state index contributed by atoms with van der Waals surface area (Å²) in [4.78, 5) is 2.14. The molecule has 2 rings (SSSR count). The number of likely N-dealkylation sites (tertiary alicyclic amines) is 1. The van der Waals surface area contributed by atoms with Crippen LogP contribution in [-0.4, -0.2) is 55.2 Å². The van der Waals surface area contributed by atoms with Crippen molar-refractivity contribution < 1.29 is 13.5 Å². The van der Waals surface area contributed by atoms with Crippen molar-refractivity contribution in [3.8, 4) is 0 Å². The molecule has 2 atom stereocenters. The molecule has 0 amide bonds. The molecule has 14 heavy (non-hydrogen) atoms. The molecular formula is C9H17NO3S. The fraction of sp³-hybridized carbons (Fsp3) is 1.00. The van der Waals surface area contributed by atoms with E-state index in [4.69, 9.17) is 0 Å². The molecule has 0 aromatic heterocycles. The third-order valence-corrected chi connectivity index (χ3v) is 4.85. The Kier molecular flexibility index (Phi) is 2.81. The van der Waals surface area contributed by atoms with Crippen LogP contribution in [0.1, 0.15) is 19.3 Å². The quantitative estimate of drug-likeness (QED) is 0.654. The summed E-state index contributed by atoms with van der Waals surface area (Å²) in [5, 5.41) is 9.66. The number of hydrogen-bond donors (Lipinski definition) is 1. The largest absolute Gasteiger partial charge is 0.390 e. The maximum Gasteiger partial charge on any atom is 0.154 e. The highest BCUT2D eigenvalue weighted by molar-refractivity contribution is 7.91. The molecule has 0 spiro atoms. The lowest BCUT2D eigenvalue weighted by Crippen LogP contribution is -2.45. The minimum absolute atomic E-state index is 0.0475. The summed E-state index contributed by atoms with van der Waals surface area (Å²) in [6.45, 7) is 1.88. The van der Waals surface area contributed by atoms with Gasteiger partial charge in [-0.3, -0.25) is 4.90 Å². The Bertz CT molecular complexity index is 295. The molecule has 0 aliphatic carbocycles. The van der Waals surface area contributed by atoms with E-state index in [-0.39, 0.29) is 17.5 Å². The first-order valence-corrected chi connectivity index (χ1v) is 7.03. The Balaban J connectivity index is 2.04. The third-order valence-electron chi connectivity index (χ3n) is 3.15. The molecule has 0 radical (unpaired) electrons. The second-order valence-electron chi connectivity index (χ2n) is 4.31. The van der Waals surface area contributed by atoms with Gasteiger partial charge in [0, 0.05) is 0 Å². The normalized spacial score (nSPS) is 38.6. The molecule has 5 heteroatoms. The van der Waals surface area contributed by atoms with E-state index in [1.165, 1.54) is 6.42 Å². The Hall–Kier alpha value is -0.130. The van der Waals surface area contributed by atoms with Crippen molar-refractivity contribution in [1.82, 2.24) is 4.90 Å². The summed E-state index contributed by atoms with van der Waals surface area (Å²) >= 11 is 0. The van der Waals surface area contributed by atoms with E-state index in [2.05, 4.69) is 4.90 Å². The predicted octanol–water partition coefficient (Wildman–Crippen LogP) is -0.370. The van der Waals surface area contributed by atoms with Crippen LogP contribution < -0.4 is 0 Å². The fourth-order valence-electron chi connectivity index (χ4n) is 2.41. The van der Waals surface area contributed by atoms with E-state index in [0.29, 0.717) is 0 Å². The van der Waals surface area contributed by atoms with Crippen LogP contribution in [0, 0.1) is 0 Å². The zero-order valence-corrected chi connectivity index (χ0v) is 9.04. The number of aliphatic hydroxyl groups excluding tert-OH is 1. The van der Waals surface area contributed by atoms with Crippen LogP contribution in [0.3, 0.4) is 0 Å². The van der Waals surface area contributed by atoms with E-state index in [0.717, 1.165) is 25.9 Å². The molecule has 0 aromatic carbocycles. The van der Waals surface area contributed by atoms with E-state index >= 15 is 0 Å². The topological polar surface area (TPSA) is 57.6 Å². The lowest BCUT2D eigenvalue weighted by atomic mass is 10.1. The van der Waals surface area contributed by atoms with Crippen molar-refractivity contribution in [3.63, 3.8) is 0 Å². The van der Waals surface area contributed by atoms with Gasteiger partial charge in [-0.2, -0.15) is 0 Å². The van der Waals surface area contributed by atoms with Gasteiger partial charge in [0.05, 0.1) is 23.7 Å². The predicted molar refractivity (Wildman–Crippen MR) is 53.9 cm³/mol. The first-order chi connectivity index (χ1) is 6.58. The van der Waals surface area contributed by atoms with Crippen molar-refractivity contribution in [2.45, 2.75) is 31.4 Å². The Morgan fingerprint density at radius 2 is 1.71 bits per heavy atom.